The standard InChI is InChI=1S/C34H51N9O13S/c44-17-7-20(35-10-17)33(55)40-5-1-3-22(40)30(52)37-12-27(48)43-15-19(46)9-25(43)34(56)41-6-2-4-23(41)31(53)36-11-26(47)42-14-18(45)8-24(42)32(54)39-21(16-57)29(51)38-13-28(49)50/h17-25,35,44-46,57H,1-16H2,(H,36,53)(H,37,52)(H,38,51)(H,39,54)(H,49,50)/t17-,18-,19-,20+,21+,22+,23+,24+,25+/m1/s1. The summed E-state index contributed by atoms with van der Waals surface area (Å²) in [4.78, 5) is 121. The maximum absolute atomic E-state index is 13.8. The van der Waals surface area contributed by atoms with Crippen LogP contribution in [0.4, 0.5) is 0 Å². The topological polar surface area (TPSA) is 308 Å². The van der Waals surface area contributed by atoms with Crippen molar-refractivity contribution >= 4 is 65.9 Å². The summed E-state index contributed by atoms with van der Waals surface area (Å²) >= 11 is 4.03. The van der Waals surface area contributed by atoms with Gasteiger partial charge in [0.15, 0.2) is 0 Å². The van der Waals surface area contributed by atoms with Gasteiger partial charge in [0.05, 0.1) is 37.4 Å². The van der Waals surface area contributed by atoms with Gasteiger partial charge in [-0.05, 0) is 32.1 Å². The van der Waals surface area contributed by atoms with Crippen LogP contribution in [0.1, 0.15) is 44.9 Å². The number of amides is 8. The predicted molar refractivity (Wildman–Crippen MR) is 197 cm³/mol. The molecule has 5 fully saturated rings. The van der Waals surface area contributed by atoms with Crippen molar-refractivity contribution in [2.75, 3.05) is 58.1 Å². The summed E-state index contributed by atoms with van der Waals surface area (Å²) in [6.07, 6.45) is -1.20. The molecule has 5 aliphatic rings. The van der Waals surface area contributed by atoms with Gasteiger partial charge in [0.2, 0.25) is 47.3 Å². The van der Waals surface area contributed by atoms with Crippen molar-refractivity contribution in [2.24, 2.45) is 0 Å². The Morgan fingerprint density at radius 1 is 0.632 bits per heavy atom. The molecule has 8 amide bonds. The van der Waals surface area contributed by atoms with E-state index in [1.165, 1.54) is 9.80 Å². The SMILES string of the molecule is O=C(O)CNC(=O)[C@H](CS)NC(=O)[C@@H]1C[C@@H](O)CN1C(=O)CNC(=O)[C@@H]1CCCN1C(=O)[C@@H]1C[C@@H](O)CN1C(=O)CNC(=O)[C@@H]1CCCN1C(=O)[C@@H]1C[C@@H](O)CN1. The molecule has 316 valence electrons. The predicted octanol–water partition coefficient (Wildman–Crippen LogP) is -6.54. The van der Waals surface area contributed by atoms with Crippen molar-refractivity contribution in [1.29, 1.82) is 0 Å². The molecule has 9 atom stereocenters. The van der Waals surface area contributed by atoms with Crippen molar-refractivity contribution in [2.45, 2.75) is 99.5 Å². The second-order valence-corrected chi connectivity index (χ2v) is 15.3. The number of thiol groups is 1. The van der Waals surface area contributed by atoms with Crippen molar-refractivity contribution < 1.29 is 63.6 Å². The minimum absolute atomic E-state index is 0.108. The van der Waals surface area contributed by atoms with E-state index in [1.807, 2.05) is 0 Å². The zero-order valence-electron chi connectivity index (χ0n) is 31.2. The van der Waals surface area contributed by atoms with Crippen LogP contribution in [0.3, 0.4) is 0 Å². The summed E-state index contributed by atoms with van der Waals surface area (Å²) in [5.74, 6) is -6.60. The molecule has 0 aromatic rings. The molecule has 23 heteroatoms. The van der Waals surface area contributed by atoms with Gasteiger partial charge < -0.3 is 66.6 Å². The van der Waals surface area contributed by atoms with Gasteiger partial charge in [-0.3, -0.25) is 43.2 Å². The number of nitrogens with one attached hydrogen (secondary N) is 5. The molecule has 0 aromatic carbocycles. The van der Waals surface area contributed by atoms with E-state index < -0.39 is 122 Å². The molecule has 0 unspecified atom stereocenters. The third kappa shape index (κ3) is 10.5. The maximum atomic E-state index is 13.8. The number of aliphatic hydroxyl groups excluding tert-OH is 3. The number of nitrogens with zero attached hydrogens (tertiary/aromatic N) is 4. The van der Waals surface area contributed by atoms with E-state index in [4.69, 9.17) is 5.11 Å². The highest BCUT2D eigenvalue weighted by atomic mass is 32.1. The van der Waals surface area contributed by atoms with Crippen LogP contribution >= 0.6 is 12.6 Å². The van der Waals surface area contributed by atoms with Crippen LogP contribution in [0, 0.1) is 0 Å². The number of aliphatic hydroxyl groups is 3. The maximum Gasteiger partial charge on any atom is 0.322 e. The summed E-state index contributed by atoms with van der Waals surface area (Å²) in [7, 11) is 0. The number of hydrogen-bond donors (Lipinski definition) is 10. The largest absolute Gasteiger partial charge is 0.480 e. The molecular weight excluding hydrogens is 774 g/mol. The number of carboxylic acids is 1. The monoisotopic (exact) mass is 825 g/mol. The average molecular weight is 826 g/mol. The molecule has 22 nitrogen and oxygen atoms in total. The van der Waals surface area contributed by atoms with Crippen molar-refractivity contribution in [3.05, 3.63) is 0 Å². The lowest BCUT2D eigenvalue weighted by Crippen LogP contribution is -2.56. The Morgan fingerprint density at radius 2 is 1.16 bits per heavy atom. The molecule has 5 heterocycles. The second-order valence-electron chi connectivity index (χ2n) is 14.9. The third-order valence-corrected chi connectivity index (χ3v) is 11.3. The Kier molecular flexibility index (Phi) is 14.7. The Balaban J connectivity index is 1.13. The molecule has 0 spiro atoms. The summed E-state index contributed by atoms with van der Waals surface area (Å²) in [6.45, 7) is -1.44. The van der Waals surface area contributed by atoms with Crippen LogP contribution in [0.25, 0.3) is 0 Å². The third-order valence-electron chi connectivity index (χ3n) is 10.9. The number of rotatable bonds is 14. The van der Waals surface area contributed by atoms with E-state index in [0.29, 0.717) is 25.8 Å². The zero-order chi connectivity index (χ0) is 41.6. The fraction of sp³-hybridized carbons (Fsp3) is 0.735. The molecule has 57 heavy (non-hydrogen) atoms. The lowest BCUT2D eigenvalue weighted by Gasteiger charge is -2.31. The van der Waals surface area contributed by atoms with E-state index in [2.05, 4.69) is 39.2 Å². The van der Waals surface area contributed by atoms with Gasteiger partial charge in [-0.1, -0.05) is 0 Å². The number of hydrogen-bond acceptors (Lipinski definition) is 14. The number of carboxylic acid groups (broad SMARTS) is 1. The first-order valence-corrected chi connectivity index (χ1v) is 19.7. The van der Waals surface area contributed by atoms with E-state index in [0.717, 1.165) is 9.80 Å². The summed E-state index contributed by atoms with van der Waals surface area (Å²) in [5.41, 5.74) is 0. The minimum Gasteiger partial charge on any atom is -0.480 e. The molecule has 0 aliphatic carbocycles. The molecule has 5 rings (SSSR count). The summed E-state index contributed by atoms with van der Waals surface area (Å²) < 4.78 is 0. The first kappa shape index (κ1) is 43.5. The van der Waals surface area contributed by atoms with Crippen LogP contribution < -0.4 is 26.6 Å². The Bertz CT molecular complexity index is 1600. The fourth-order valence-corrected chi connectivity index (χ4v) is 8.33. The molecule has 0 aromatic heterocycles. The van der Waals surface area contributed by atoms with Gasteiger partial charge in [0.1, 0.15) is 36.8 Å². The van der Waals surface area contributed by atoms with Gasteiger partial charge >= 0.3 is 5.97 Å². The fourth-order valence-electron chi connectivity index (χ4n) is 8.08. The van der Waals surface area contributed by atoms with Crippen molar-refractivity contribution in [1.82, 2.24) is 46.2 Å². The van der Waals surface area contributed by atoms with Crippen molar-refractivity contribution in [3.8, 4) is 0 Å². The second kappa shape index (κ2) is 19.2. The molecule has 0 bridgehead atoms. The van der Waals surface area contributed by atoms with Crippen molar-refractivity contribution in [3.63, 3.8) is 0 Å². The van der Waals surface area contributed by atoms with Crippen LogP contribution in [0.2, 0.25) is 0 Å². The molecule has 5 aliphatic heterocycles. The lowest BCUT2D eigenvalue weighted by molar-refractivity contribution is -0.147. The van der Waals surface area contributed by atoms with Gasteiger partial charge in [0, 0.05) is 51.3 Å². The highest BCUT2D eigenvalue weighted by molar-refractivity contribution is 7.80. The van der Waals surface area contributed by atoms with Crippen LogP contribution in [0.5, 0.6) is 0 Å². The van der Waals surface area contributed by atoms with Crippen LogP contribution in [0.15, 0.2) is 0 Å². The Labute approximate surface area is 332 Å². The van der Waals surface area contributed by atoms with E-state index in [1.54, 1.807) is 0 Å². The zero-order valence-corrected chi connectivity index (χ0v) is 32.1. The number of aliphatic carboxylic acids is 1. The summed E-state index contributed by atoms with van der Waals surface area (Å²) in [6, 6.07) is -6.03. The van der Waals surface area contributed by atoms with E-state index >= 15 is 0 Å². The Morgan fingerprint density at radius 3 is 1.67 bits per heavy atom. The van der Waals surface area contributed by atoms with Crippen LogP contribution in [-0.2, 0) is 43.2 Å². The number of carbonyl (C=O) groups excluding carboxylic acids is 8. The molecule has 0 radical (unpaired) electrons. The van der Waals surface area contributed by atoms with Gasteiger partial charge in [-0.2, -0.15) is 12.6 Å². The highest BCUT2D eigenvalue weighted by Gasteiger charge is 2.46. The normalized spacial score (nSPS) is 28.9. The molecule has 9 N–H and O–H groups in total. The van der Waals surface area contributed by atoms with E-state index in [9.17, 15) is 58.5 Å². The molecular formula is C34H51N9O13S. The minimum atomic E-state index is -1.30. The van der Waals surface area contributed by atoms with Gasteiger partial charge in [-0.25, -0.2) is 0 Å². The summed E-state index contributed by atoms with van der Waals surface area (Å²) in [5, 5.41) is 51.9. The van der Waals surface area contributed by atoms with Gasteiger partial charge in [-0.15, -0.1) is 0 Å². The van der Waals surface area contributed by atoms with Crippen LogP contribution in [-0.4, -0.2) is 206 Å². The smallest absolute Gasteiger partial charge is 0.322 e. The van der Waals surface area contributed by atoms with E-state index in [-0.39, 0.29) is 63.5 Å². The number of carbonyl (C=O) groups is 9. The Hall–Kier alpha value is -4.58. The number of likely N-dealkylation sites (tertiary alicyclic amines) is 4. The highest BCUT2D eigenvalue weighted by Crippen LogP contribution is 2.26. The quantitative estimate of drug-likeness (QED) is 0.0729. The molecule has 0 saturated carbocycles. The lowest BCUT2D eigenvalue weighted by atomic mass is 10.1. The molecule has 5 saturated heterocycles. The van der Waals surface area contributed by atoms with Gasteiger partial charge in [0.25, 0.3) is 0 Å². The average Bonchev–Trinajstić information content (AvgIpc) is 4.03. The number of β-amino-alcohol motifs (C(OH)–C–C–N with tert-alkyl or cyclic N) is 3. The first-order chi connectivity index (χ1) is 27.1. The first-order valence-electron chi connectivity index (χ1n) is 19.0.